The third kappa shape index (κ3) is 4.00. The molecule has 2 fully saturated rings. The summed E-state index contributed by atoms with van der Waals surface area (Å²) in [7, 11) is 1.89. The van der Waals surface area contributed by atoms with Gasteiger partial charge in [-0.2, -0.15) is 5.10 Å². The molecule has 2 N–H and O–H groups in total. The first-order valence-corrected chi connectivity index (χ1v) is 10.4. The Bertz CT molecular complexity index is 916. The Kier molecular flexibility index (Phi) is 5.56. The van der Waals surface area contributed by atoms with E-state index < -0.39 is 6.03 Å². The number of carbonyl (C=O) groups is 2. The molecule has 0 saturated carbocycles. The number of aryl methyl sites for hydroxylation is 1. The predicted molar refractivity (Wildman–Crippen MR) is 111 cm³/mol. The van der Waals surface area contributed by atoms with Gasteiger partial charge >= 0.3 is 6.03 Å². The molecule has 3 heterocycles. The summed E-state index contributed by atoms with van der Waals surface area (Å²) in [6, 6.07) is 5.96. The van der Waals surface area contributed by atoms with E-state index in [2.05, 4.69) is 27.4 Å². The molecule has 0 bridgehead atoms. The van der Waals surface area contributed by atoms with Crippen molar-refractivity contribution in [1.82, 2.24) is 20.0 Å². The fraction of sp³-hybridized carbons (Fsp3) is 0.571. The molecule has 2 aliphatic rings. The molecule has 2 saturated heterocycles. The number of piperidine rings is 1. The van der Waals surface area contributed by atoms with Gasteiger partial charge in [-0.1, -0.05) is 13.0 Å². The van der Waals surface area contributed by atoms with Crippen LogP contribution in [0, 0.1) is 0 Å². The minimum absolute atomic E-state index is 0.238. The van der Waals surface area contributed by atoms with E-state index in [-0.39, 0.29) is 18.4 Å². The fourth-order valence-electron chi connectivity index (χ4n) is 4.35. The molecule has 1 aromatic heterocycles. The van der Waals surface area contributed by atoms with Crippen LogP contribution < -0.4 is 10.2 Å². The summed E-state index contributed by atoms with van der Waals surface area (Å²) in [4.78, 5) is 27.6. The lowest BCUT2D eigenvalue weighted by atomic mass is 9.89. The van der Waals surface area contributed by atoms with Crippen molar-refractivity contribution in [2.24, 2.45) is 7.05 Å². The van der Waals surface area contributed by atoms with Crippen molar-refractivity contribution in [2.75, 3.05) is 31.1 Å². The molecule has 0 spiro atoms. The third-order valence-electron chi connectivity index (χ3n) is 6.16. The molecule has 0 aliphatic carbocycles. The second kappa shape index (κ2) is 8.12. The number of amides is 3. The quantitative estimate of drug-likeness (QED) is 0.802. The first kappa shape index (κ1) is 19.8. The van der Waals surface area contributed by atoms with Crippen molar-refractivity contribution in [3.63, 3.8) is 0 Å². The van der Waals surface area contributed by atoms with E-state index in [4.69, 9.17) is 0 Å². The number of β-amino-alcohol motifs (C(OH)–C–C–N with tert-alkyl or cyclic N) is 1. The number of hydrogen-bond donors (Lipinski definition) is 2. The van der Waals surface area contributed by atoms with E-state index in [0.717, 1.165) is 49.8 Å². The van der Waals surface area contributed by atoms with Crippen molar-refractivity contribution in [1.29, 1.82) is 0 Å². The Morgan fingerprint density at radius 2 is 2.00 bits per heavy atom. The van der Waals surface area contributed by atoms with E-state index in [1.54, 1.807) is 4.90 Å². The van der Waals surface area contributed by atoms with Crippen LogP contribution in [-0.4, -0.2) is 64.0 Å². The van der Waals surface area contributed by atoms with Gasteiger partial charge in [0.2, 0.25) is 5.91 Å². The summed E-state index contributed by atoms with van der Waals surface area (Å²) >= 11 is 0. The number of urea groups is 1. The van der Waals surface area contributed by atoms with Crippen LogP contribution in [0.25, 0.3) is 10.9 Å². The van der Waals surface area contributed by atoms with Gasteiger partial charge in [-0.3, -0.25) is 19.7 Å². The highest BCUT2D eigenvalue weighted by Crippen LogP contribution is 2.33. The van der Waals surface area contributed by atoms with Crippen molar-refractivity contribution in [2.45, 2.75) is 44.6 Å². The first-order chi connectivity index (χ1) is 14.0. The largest absolute Gasteiger partial charge is 0.392 e. The maximum atomic E-state index is 12.2. The molecule has 8 nitrogen and oxygen atoms in total. The van der Waals surface area contributed by atoms with Crippen LogP contribution in [0.2, 0.25) is 0 Å². The van der Waals surface area contributed by atoms with Crippen LogP contribution in [0.1, 0.15) is 44.1 Å². The summed E-state index contributed by atoms with van der Waals surface area (Å²) < 4.78 is 1.81. The Labute approximate surface area is 170 Å². The number of rotatable bonds is 5. The monoisotopic (exact) mass is 399 g/mol. The Hall–Kier alpha value is -2.45. The van der Waals surface area contributed by atoms with Crippen LogP contribution in [0.5, 0.6) is 0 Å². The third-order valence-corrected chi connectivity index (χ3v) is 6.16. The Morgan fingerprint density at radius 1 is 1.24 bits per heavy atom. The van der Waals surface area contributed by atoms with Crippen LogP contribution >= 0.6 is 0 Å². The number of carbonyl (C=O) groups excluding carboxylic acids is 2. The van der Waals surface area contributed by atoms with Crippen molar-refractivity contribution in [3.05, 3.63) is 23.8 Å². The van der Waals surface area contributed by atoms with Gasteiger partial charge < -0.3 is 10.0 Å². The number of anilines is 1. The molecule has 1 unspecified atom stereocenters. The standard InChI is InChI=1S/C21H29N5O3/c1-3-16(27)13-25-9-6-14(7-10-25)15-4-5-17-18(12-15)24(2)23-20(17)26-11-8-19(28)22-21(26)29/h4-5,12,14,16,27H,3,6-11,13H2,1-2H3,(H,22,28,29). The lowest BCUT2D eigenvalue weighted by molar-refractivity contribution is -0.120. The number of nitrogens with one attached hydrogen (secondary N) is 1. The van der Waals surface area contributed by atoms with Crippen LogP contribution in [0.4, 0.5) is 10.6 Å². The van der Waals surface area contributed by atoms with Gasteiger partial charge in [0, 0.05) is 31.9 Å². The molecule has 29 heavy (non-hydrogen) atoms. The Balaban J connectivity index is 1.51. The van der Waals surface area contributed by atoms with E-state index in [1.807, 2.05) is 24.7 Å². The van der Waals surface area contributed by atoms with Crippen LogP contribution in [-0.2, 0) is 11.8 Å². The number of aliphatic hydroxyl groups excluding tert-OH is 1. The highest BCUT2D eigenvalue weighted by atomic mass is 16.3. The van der Waals surface area contributed by atoms with Crippen molar-refractivity contribution in [3.8, 4) is 0 Å². The molecule has 2 aliphatic heterocycles. The number of aromatic nitrogens is 2. The van der Waals surface area contributed by atoms with Gasteiger partial charge in [0.1, 0.15) is 0 Å². The van der Waals surface area contributed by atoms with Gasteiger partial charge in [-0.05, 0) is 56.0 Å². The van der Waals surface area contributed by atoms with Crippen LogP contribution in [0.3, 0.4) is 0 Å². The SMILES string of the molecule is CCC(O)CN1CCC(c2ccc3c(N4CCC(=O)NC4=O)nn(C)c3c2)CC1. The van der Waals surface area contributed by atoms with Crippen molar-refractivity contribution >= 4 is 28.7 Å². The van der Waals surface area contributed by atoms with Gasteiger partial charge in [0.25, 0.3) is 0 Å². The van der Waals surface area contributed by atoms with E-state index in [0.29, 0.717) is 18.3 Å². The van der Waals surface area contributed by atoms with Crippen molar-refractivity contribution < 1.29 is 14.7 Å². The maximum absolute atomic E-state index is 12.2. The highest BCUT2D eigenvalue weighted by molar-refractivity contribution is 6.08. The molecule has 1 atom stereocenters. The molecular formula is C21H29N5O3. The summed E-state index contributed by atoms with van der Waals surface area (Å²) in [6.45, 7) is 5.12. The van der Waals surface area contributed by atoms with E-state index in [9.17, 15) is 14.7 Å². The molecule has 2 aromatic rings. The van der Waals surface area contributed by atoms with Gasteiger partial charge in [-0.25, -0.2) is 4.79 Å². The summed E-state index contributed by atoms with van der Waals surface area (Å²) in [5.41, 5.74) is 2.28. The number of aliphatic hydroxyl groups is 1. The average molecular weight is 399 g/mol. The normalized spacial score (nSPS) is 20.3. The number of likely N-dealkylation sites (tertiary alicyclic amines) is 1. The van der Waals surface area contributed by atoms with Gasteiger partial charge in [0.05, 0.1) is 11.6 Å². The lowest BCUT2D eigenvalue weighted by Gasteiger charge is -2.33. The molecular weight excluding hydrogens is 370 g/mol. The zero-order chi connectivity index (χ0) is 20.5. The molecule has 1 aromatic carbocycles. The zero-order valence-electron chi connectivity index (χ0n) is 17.1. The van der Waals surface area contributed by atoms with E-state index >= 15 is 0 Å². The molecule has 3 amide bonds. The van der Waals surface area contributed by atoms with Crippen LogP contribution in [0.15, 0.2) is 18.2 Å². The minimum atomic E-state index is -0.410. The number of nitrogens with zero attached hydrogens (tertiary/aromatic N) is 4. The molecule has 0 radical (unpaired) electrons. The average Bonchev–Trinajstić information content (AvgIpc) is 3.04. The summed E-state index contributed by atoms with van der Waals surface area (Å²) in [5.74, 6) is 0.845. The number of imide groups is 1. The fourth-order valence-corrected chi connectivity index (χ4v) is 4.35. The maximum Gasteiger partial charge on any atom is 0.329 e. The molecule has 8 heteroatoms. The molecule has 156 valence electrons. The van der Waals surface area contributed by atoms with Gasteiger partial charge in [0.15, 0.2) is 5.82 Å². The topological polar surface area (TPSA) is 90.7 Å². The minimum Gasteiger partial charge on any atom is -0.392 e. The zero-order valence-corrected chi connectivity index (χ0v) is 17.1. The van der Waals surface area contributed by atoms with Gasteiger partial charge in [-0.15, -0.1) is 0 Å². The highest BCUT2D eigenvalue weighted by Gasteiger charge is 2.28. The number of benzene rings is 1. The first-order valence-electron chi connectivity index (χ1n) is 10.4. The summed E-state index contributed by atoms with van der Waals surface area (Å²) in [5, 5.41) is 17.7. The Morgan fingerprint density at radius 3 is 2.69 bits per heavy atom. The predicted octanol–water partition coefficient (Wildman–Crippen LogP) is 1.97. The number of fused-ring (bicyclic) bond motifs is 1. The smallest absolute Gasteiger partial charge is 0.329 e. The molecule has 4 rings (SSSR count). The number of hydrogen-bond acceptors (Lipinski definition) is 5. The summed E-state index contributed by atoms with van der Waals surface area (Å²) in [6.07, 6.45) is 2.99. The second-order valence-corrected chi connectivity index (χ2v) is 8.12. The van der Waals surface area contributed by atoms with E-state index in [1.165, 1.54) is 5.56 Å². The second-order valence-electron chi connectivity index (χ2n) is 8.12. The lowest BCUT2D eigenvalue weighted by Crippen LogP contribution is -2.49.